The first-order valence-corrected chi connectivity index (χ1v) is 10.0. The second-order valence-corrected chi connectivity index (χ2v) is 7.47. The van der Waals surface area contributed by atoms with Gasteiger partial charge in [-0.3, -0.25) is 9.48 Å². The number of ether oxygens (including phenoxy) is 1. The predicted octanol–water partition coefficient (Wildman–Crippen LogP) is 4.16. The van der Waals surface area contributed by atoms with Gasteiger partial charge in [0.25, 0.3) is 5.91 Å². The highest BCUT2D eigenvalue weighted by atomic mass is 32.2. The minimum atomic E-state index is -0.299. The molecule has 0 saturated carbocycles. The van der Waals surface area contributed by atoms with E-state index in [0.717, 1.165) is 33.0 Å². The Morgan fingerprint density at radius 2 is 2.14 bits per heavy atom. The Hall–Kier alpha value is -2.80. The third kappa shape index (κ3) is 3.38. The van der Waals surface area contributed by atoms with Gasteiger partial charge in [-0.1, -0.05) is 18.2 Å². The van der Waals surface area contributed by atoms with Crippen LogP contribution in [0, 0.1) is 5.82 Å². The third-order valence-electron chi connectivity index (χ3n) is 4.64. The number of aryl methyl sites for hydroxylation is 1. The van der Waals surface area contributed by atoms with Crippen LogP contribution in [-0.2, 0) is 19.3 Å². The molecule has 1 aliphatic heterocycles. The molecule has 0 spiro atoms. The Kier molecular flexibility index (Phi) is 5.09. The Labute approximate surface area is 166 Å². The number of halogens is 1. The fraction of sp³-hybridized carbons (Fsp3) is 0.238. The predicted molar refractivity (Wildman–Crippen MR) is 107 cm³/mol. The summed E-state index contributed by atoms with van der Waals surface area (Å²) in [6.07, 6.45) is 0. The summed E-state index contributed by atoms with van der Waals surface area (Å²) >= 11 is 1.59. The minimum absolute atomic E-state index is 0.247. The topological polar surface area (TPSA) is 56.1 Å². The molecule has 4 rings (SSSR count). The summed E-state index contributed by atoms with van der Waals surface area (Å²) in [5, 5.41) is 7.36. The zero-order chi connectivity index (χ0) is 19.7. The van der Waals surface area contributed by atoms with Crippen molar-refractivity contribution in [3.05, 3.63) is 65.1 Å². The van der Waals surface area contributed by atoms with Crippen LogP contribution in [0.3, 0.4) is 0 Å². The molecule has 0 radical (unpaired) electrons. The molecule has 7 heteroatoms. The lowest BCUT2D eigenvalue weighted by molar-refractivity contribution is 0.0944. The van der Waals surface area contributed by atoms with E-state index in [4.69, 9.17) is 4.74 Å². The number of carbonyl (C=O) groups is 1. The van der Waals surface area contributed by atoms with Gasteiger partial charge in [0.05, 0.1) is 12.3 Å². The number of aromatic nitrogens is 2. The SMILES string of the molecule is CCOc1ccccc1CNC(=O)c1nn(C)c2c1CSc1ccc(F)cc1-2. The number of carbonyl (C=O) groups excluding carboxylic acids is 1. The molecule has 28 heavy (non-hydrogen) atoms. The quantitative estimate of drug-likeness (QED) is 0.702. The number of para-hydroxylation sites is 1. The molecule has 1 aromatic heterocycles. The van der Waals surface area contributed by atoms with Crippen molar-refractivity contribution in [2.45, 2.75) is 24.1 Å². The number of hydrogen-bond acceptors (Lipinski definition) is 4. The van der Waals surface area contributed by atoms with E-state index in [9.17, 15) is 9.18 Å². The fourth-order valence-corrected chi connectivity index (χ4v) is 4.44. The van der Waals surface area contributed by atoms with Gasteiger partial charge < -0.3 is 10.1 Å². The largest absolute Gasteiger partial charge is 0.494 e. The van der Waals surface area contributed by atoms with Crippen molar-refractivity contribution < 1.29 is 13.9 Å². The van der Waals surface area contributed by atoms with Crippen molar-refractivity contribution in [1.82, 2.24) is 15.1 Å². The lowest BCUT2D eigenvalue weighted by atomic mass is 10.1. The normalized spacial score (nSPS) is 12.2. The van der Waals surface area contributed by atoms with E-state index in [2.05, 4.69) is 10.4 Å². The second kappa shape index (κ2) is 7.67. The van der Waals surface area contributed by atoms with E-state index in [0.29, 0.717) is 24.6 Å². The fourth-order valence-electron chi connectivity index (χ4n) is 3.39. The maximum Gasteiger partial charge on any atom is 0.272 e. The van der Waals surface area contributed by atoms with Crippen LogP contribution < -0.4 is 10.1 Å². The zero-order valence-corrected chi connectivity index (χ0v) is 16.5. The van der Waals surface area contributed by atoms with Crippen molar-refractivity contribution in [3.8, 4) is 17.0 Å². The van der Waals surface area contributed by atoms with Gasteiger partial charge in [0.15, 0.2) is 5.69 Å². The minimum Gasteiger partial charge on any atom is -0.494 e. The van der Waals surface area contributed by atoms with E-state index in [1.54, 1.807) is 29.6 Å². The third-order valence-corrected chi connectivity index (χ3v) is 5.74. The standard InChI is InChI=1S/C21H20FN3O2S/c1-3-27-17-7-5-4-6-13(17)11-23-21(26)19-16-12-28-18-9-8-14(22)10-15(18)20(16)25(2)24-19/h4-10H,3,11-12H2,1-2H3,(H,23,26). The van der Waals surface area contributed by atoms with E-state index >= 15 is 0 Å². The Balaban J connectivity index is 1.60. The first-order valence-electron chi connectivity index (χ1n) is 9.06. The molecule has 144 valence electrons. The second-order valence-electron chi connectivity index (χ2n) is 6.45. The number of amides is 1. The highest BCUT2D eigenvalue weighted by Crippen LogP contribution is 2.42. The summed E-state index contributed by atoms with van der Waals surface area (Å²) < 4.78 is 21.0. The monoisotopic (exact) mass is 397 g/mol. The molecule has 0 atom stereocenters. The molecule has 0 fully saturated rings. The molecule has 2 aromatic carbocycles. The summed E-state index contributed by atoms with van der Waals surface area (Å²) in [6.45, 7) is 2.83. The van der Waals surface area contributed by atoms with E-state index in [1.165, 1.54) is 12.1 Å². The molecule has 1 aliphatic rings. The first-order chi connectivity index (χ1) is 13.6. The van der Waals surface area contributed by atoms with Crippen LogP contribution in [0.1, 0.15) is 28.5 Å². The van der Waals surface area contributed by atoms with E-state index in [-0.39, 0.29) is 11.7 Å². The number of thioether (sulfide) groups is 1. The average Bonchev–Trinajstić information content (AvgIpc) is 3.04. The summed E-state index contributed by atoms with van der Waals surface area (Å²) in [4.78, 5) is 13.8. The molecule has 0 bridgehead atoms. The van der Waals surface area contributed by atoms with Gasteiger partial charge in [-0.15, -0.1) is 11.8 Å². The summed E-state index contributed by atoms with van der Waals surface area (Å²) in [6, 6.07) is 12.4. The van der Waals surface area contributed by atoms with Crippen LogP contribution in [-0.4, -0.2) is 22.3 Å². The molecule has 0 saturated heterocycles. The molecular weight excluding hydrogens is 377 g/mol. The Bertz CT molecular complexity index is 1050. The maximum absolute atomic E-state index is 13.8. The highest BCUT2D eigenvalue weighted by Gasteiger charge is 2.28. The number of fused-ring (bicyclic) bond motifs is 3. The zero-order valence-electron chi connectivity index (χ0n) is 15.7. The van der Waals surface area contributed by atoms with E-state index in [1.807, 2.05) is 31.2 Å². The number of nitrogens with one attached hydrogen (secondary N) is 1. The molecule has 5 nitrogen and oxygen atoms in total. The van der Waals surface area contributed by atoms with Crippen molar-refractivity contribution in [3.63, 3.8) is 0 Å². The lowest BCUT2D eigenvalue weighted by Crippen LogP contribution is -2.24. The van der Waals surface area contributed by atoms with Gasteiger partial charge in [0.1, 0.15) is 11.6 Å². The Morgan fingerprint density at radius 3 is 2.96 bits per heavy atom. The van der Waals surface area contributed by atoms with Crippen molar-refractivity contribution in [2.24, 2.45) is 7.05 Å². The first kappa shape index (κ1) is 18.6. The van der Waals surface area contributed by atoms with Crippen LogP contribution in [0.5, 0.6) is 5.75 Å². The van der Waals surface area contributed by atoms with Crippen LogP contribution in [0.4, 0.5) is 4.39 Å². The number of nitrogens with zero attached hydrogens (tertiary/aromatic N) is 2. The summed E-state index contributed by atoms with van der Waals surface area (Å²) in [7, 11) is 1.78. The van der Waals surface area contributed by atoms with Crippen LogP contribution in [0.2, 0.25) is 0 Å². The van der Waals surface area contributed by atoms with Gasteiger partial charge in [0, 0.05) is 40.9 Å². The van der Waals surface area contributed by atoms with Crippen LogP contribution in [0.25, 0.3) is 11.3 Å². The summed E-state index contributed by atoms with van der Waals surface area (Å²) in [5.41, 5.74) is 3.70. The van der Waals surface area contributed by atoms with Crippen LogP contribution in [0.15, 0.2) is 47.4 Å². The number of rotatable bonds is 5. The molecule has 0 aliphatic carbocycles. The van der Waals surface area contributed by atoms with Crippen LogP contribution >= 0.6 is 11.8 Å². The lowest BCUT2D eigenvalue weighted by Gasteiger charge is -2.17. The van der Waals surface area contributed by atoms with Crippen molar-refractivity contribution in [1.29, 1.82) is 0 Å². The average molecular weight is 397 g/mol. The number of hydrogen-bond donors (Lipinski definition) is 1. The molecule has 0 unspecified atom stereocenters. The van der Waals surface area contributed by atoms with Gasteiger partial charge in [0.2, 0.25) is 0 Å². The molecule has 1 N–H and O–H groups in total. The van der Waals surface area contributed by atoms with Crippen molar-refractivity contribution in [2.75, 3.05) is 6.61 Å². The molecular formula is C21H20FN3O2S. The molecule has 2 heterocycles. The molecule has 3 aromatic rings. The Morgan fingerprint density at radius 1 is 1.32 bits per heavy atom. The summed E-state index contributed by atoms with van der Waals surface area (Å²) in [5.74, 6) is 0.837. The number of benzene rings is 2. The smallest absolute Gasteiger partial charge is 0.272 e. The van der Waals surface area contributed by atoms with Gasteiger partial charge >= 0.3 is 0 Å². The van der Waals surface area contributed by atoms with Gasteiger partial charge in [-0.25, -0.2) is 4.39 Å². The molecule has 1 amide bonds. The van der Waals surface area contributed by atoms with Gasteiger partial charge in [-0.2, -0.15) is 5.10 Å². The van der Waals surface area contributed by atoms with Gasteiger partial charge in [-0.05, 0) is 31.2 Å². The highest BCUT2D eigenvalue weighted by molar-refractivity contribution is 7.98. The van der Waals surface area contributed by atoms with E-state index < -0.39 is 0 Å². The maximum atomic E-state index is 13.8. The van der Waals surface area contributed by atoms with Crippen molar-refractivity contribution >= 4 is 17.7 Å².